The molecule has 0 amide bonds. The molecule has 0 unspecified atom stereocenters. The standard InChI is InChI=1S/C13H15Cl2F3N2.2ClH/c14-9-1-2-11(15)10(7-9)12(8-13(16,17)18)20-5-3-19-4-6-20;;/h1-2,7,12,19H,3-6,8H2;2*1H/t12-;;/m1../s1. The molecule has 0 saturated carbocycles. The number of nitrogens with one attached hydrogen (secondary N) is 1. The molecule has 0 bridgehead atoms. The first-order chi connectivity index (χ1) is 9.37. The third-order valence-corrected chi connectivity index (χ3v) is 3.91. The van der Waals surface area contributed by atoms with Crippen molar-refractivity contribution in [2.45, 2.75) is 18.6 Å². The van der Waals surface area contributed by atoms with Crippen LogP contribution in [0.4, 0.5) is 13.2 Å². The van der Waals surface area contributed by atoms with Gasteiger partial charge in [-0.25, -0.2) is 0 Å². The van der Waals surface area contributed by atoms with E-state index in [0.29, 0.717) is 41.8 Å². The minimum absolute atomic E-state index is 0. The predicted molar refractivity (Wildman–Crippen MR) is 88.8 cm³/mol. The highest BCUT2D eigenvalue weighted by Gasteiger charge is 2.36. The molecule has 1 aliphatic heterocycles. The lowest BCUT2D eigenvalue weighted by molar-refractivity contribution is -0.148. The smallest absolute Gasteiger partial charge is 0.314 e. The van der Waals surface area contributed by atoms with Crippen LogP contribution in [0.25, 0.3) is 0 Å². The van der Waals surface area contributed by atoms with Gasteiger partial charge in [0.2, 0.25) is 0 Å². The normalized spacial score (nSPS) is 17.3. The van der Waals surface area contributed by atoms with Crippen molar-refractivity contribution in [1.82, 2.24) is 10.2 Å². The lowest BCUT2D eigenvalue weighted by Gasteiger charge is -2.36. The average molecular weight is 400 g/mol. The van der Waals surface area contributed by atoms with Crippen molar-refractivity contribution in [3.05, 3.63) is 33.8 Å². The quantitative estimate of drug-likeness (QED) is 0.789. The van der Waals surface area contributed by atoms with E-state index in [-0.39, 0.29) is 24.8 Å². The monoisotopic (exact) mass is 398 g/mol. The van der Waals surface area contributed by atoms with Crippen LogP contribution in [-0.2, 0) is 0 Å². The predicted octanol–water partition coefficient (Wildman–Crippen LogP) is 4.74. The van der Waals surface area contributed by atoms with Gasteiger partial charge >= 0.3 is 6.18 Å². The minimum atomic E-state index is -4.25. The van der Waals surface area contributed by atoms with Crippen LogP contribution in [0.15, 0.2) is 18.2 Å². The highest BCUT2D eigenvalue weighted by atomic mass is 35.5. The Morgan fingerprint density at radius 3 is 2.27 bits per heavy atom. The molecule has 0 radical (unpaired) electrons. The first kappa shape index (κ1) is 22.1. The van der Waals surface area contributed by atoms with Gasteiger partial charge in [-0.2, -0.15) is 13.2 Å². The van der Waals surface area contributed by atoms with Crippen molar-refractivity contribution in [3.8, 4) is 0 Å². The fourth-order valence-electron chi connectivity index (χ4n) is 2.42. The van der Waals surface area contributed by atoms with E-state index in [9.17, 15) is 13.2 Å². The highest BCUT2D eigenvalue weighted by Crippen LogP contribution is 2.38. The van der Waals surface area contributed by atoms with Gasteiger partial charge in [0.15, 0.2) is 0 Å². The SMILES string of the molecule is Cl.Cl.FC(F)(F)C[C@H](c1cc(Cl)ccc1Cl)N1CCNCC1. The summed E-state index contributed by atoms with van der Waals surface area (Å²) in [5.41, 5.74) is 0.443. The molecular formula is C13H17Cl4F3N2. The van der Waals surface area contributed by atoms with Crippen LogP contribution >= 0.6 is 48.0 Å². The molecule has 0 aromatic heterocycles. The minimum Gasteiger partial charge on any atom is -0.314 e. The van der Waals surface area contributed by atoms with Crippen LogP contribution in [0.1, 0.15) is 18.0 Å². The Morgan fingerprint density at radius 1 is 1.14 bits per heavy atom. The largest absolute Gasteiger partial charge is 0.390 e. The van der Waals surface area contributed by atoms with E-state index in [2.05, 4.69) is 5.32 Å². The van der Waals surface area contributed by atoms with E-state index in [4.69, 9.17) is 23.2 Å². The van der Waals surface area contributed by atoms with Crippen molar-refractivity contribution in [2.75, 3.05) is 26.2 Å². The zero-order chi connectivity index (χ0) is 14.8. The number of alkyl halides is 3. The molecule has 0 aliphatic carbocycles. The second-order valence-electron chi connectivity index (χ2n) is 4.79. The molecule has 1 atom stereocenters. The number of piperazine rings is 1. The molecular weight excluding hydrogens is 383 g/mol. The van der Waals surface area contributed by atoms with Gasteiger partial charge in [0.05, 0.1) is 6.42 Å². The van der Waals surface area contributed by atoms with E-state index in [1.807, 2.05) is 4.90 Å². The van der Waals surface area contributed by atoms with E-state index < -0.39 is 18.6 Å². The number of nitrogens with zero attached hydrogens (tertiary/aromatic N) is 1. The lowest BCUT2D eigenvalue weighted by atomic mass is 10.0. The van der Waals surface area contributed by atoms with Crippen molar-refractivity contribution in [1.29, 1.82) is 0 Å². The van der Waals surface area contributed by atoms with E-state index >= 15 is 0 Å². The Hall–Kier alpha value is 0.0900. The van der Waals surface area contributed by atoms with Crippen LogP contribution in [0.5, 0.6) is 0 Å². The molecule has 1 saturated heterocycles. The number of benzene rings is 1. The Kier molecular flexibility index (Phi) is 9.44. The zero-order valence-electron chi connectivity index (χ0n) is 11.5. The summed E-state index contributed by atoms with van der Waals surface area (Å²) in [5.74, 6) is 0. The van der Waals surface area contributed by atoms with E-state index in [1.165, 1.54) is 6.07 Å². The van der Waals surface area contributed by atoms with Crippen molar-refractivity contribution >= 4 is 48.0 Å². The molecule has 1 N–H and O–H groups in total. The van der Waals surface area contributed by atoms with Gasteiger partial charge < -0.3 is 5.32 Å². The first-order valence-electron chi connectivity index (χ1n) is 6.33. The van der Waals surface area contributed by atoms with Gasteiger partial charge in [-0.3, -0.25) is 4.90 Å². The highest BCUT2D eigenvalue weighted by molar-refractivity contribution is 6.33. The van der Waals surface area contributed by atoms with Crippen LogP contribution in [0.2, 0.25) is 10.0 Å². The fraction of sp³-hybridized carbons (Fsp3) is 0.538. The third kappa shape index (κ3) is 6.30. The summed E-state index contributed by atoms with van der Waals surface area (Å²) in [5, 5.41) is 3.84. The fourth-order valence-corrected chi connectivity index (χ4v) is 2.84. The maximum atomic E-state index is 12.9. The molecule has 1 aromatic rings. The molecule has 1 aliphatic rings. The van der Waals surface area contributed by atoms with Crippen LogP contribution in [-0.4, -0.2) is 37.3 Å². The maximum absolute atomic E-state index is 12.9. The first-order valence-corrected chi connectivity index (χ1v) is 7.09. The molecule has 1 heterocycles. The maximum Gasteiger partial charge on any atom is 0.390 e. The van der Waals surface area contributed by atoms with Crippen LogP contribution in [0, 0.1) is 0 Å². The van der Waals surface area contributed by atoms with Crippen LogP contribution < -0.4 is 5.32 Å². The summed E-state index contributed by atoms with van der Waals surface area (Å²) >= 11 is 12.0. The average Bonchev–Trinajstić information content (AvgIpc) is 2.39. The Labute approximate surface area is 150 Å². The van der Waals surface area contributed by atoms with Gasteiger partial charge in [-0.05, 0) is 23.8 Å². The Balaban J connectivity index is 0.00000220. The van der Waals surface area contributed by atoms with Crippen molar-refractivity contribution in [3.63, 3.8) is 0 Å². The molecule has 1 fully saturated rings. The summed E-state index contributed by atoms with van der Waals surface area (Å²) in [7, 11) is 0. The van der Waals surface area contributed by atoms with E-state index in [1.54, 1.807) is 12.1 Å². The van der Waals surface area contributed by atoms with Gasteiger partial charge in [0.1, 0.15) is 0 Å². The summed E-state index contributed by atoms with van der Waals surface area (Å²) in [6.45, 7) is 2.46. The Morgan fingerprint density at radius 2 is 1.73 bits per heavy atom. The summed E-state index contributed by atoms with van der Waals surface area (Å²) in [6.07, 6.45) is -5.17. The number of rotatable bonds is 3. The second kappa shape index (κ2) is 9.40. The molecule has 2 nitrogen and oxygen atoms in total. The topological polar surface area (TPSA) is 15.3 Å². The van der Waals surface area contributed by atoms with E-state index in [0.717, 1.165) is 0 Å². The summed E-state index contributed by atoms with van der Waals surface area (Å²) < 4.78 is 38.6. The summed E-state index contributed by atoms with van der Waals surface area (Å²) in [4.78, 5) is 1.81. The Bertz CT molecular complexity index is 465. The zero-order valence-corrected chi connectivity index (χ0v) is 14.6. The lowest BCUT2D eigenvalue weighted by Crippen LogP contribution is -2.46. The van der Waals surface area contributed by atoms with Gasteiger partial charge in [-0.1, -0.05) is 23.2 Å². The third-order valence-electron chi connectivity index (χ3n) is 3.33. The number of hydrogen-bond acceptors (Lipinski definition) is 2. The number of halogens is 7. The van der Waals surface area contributed by atoms with Crippen LogP contribution in [0.3, 0.4) is 0 Å². The molecule has 9 heteroatoms. The van der Waals surface area contributed by atoms with Crippen molar-refractivity contribution in [2.24, 2.45) is 0 Å². The number of hydrogen-bond donors (Lipinski definition) is 1. The molecule has 2 rings (SSSR count). The molecule has 1 aromatic carbocycles. The summed E-state index contributed by atoms with van der Waals surface area (Å²) in [6, 6.07) is 3.87. The second-order valence-corrected chi connectivity index (χ2v) is 5.63. The molecule has 22 heavy (non-hydrogen) atoms. The van der Waals surface area contributed by atoms with Gasteiger partial charge in [0.25, 0.3) is 0 Å². The van der Waals surface area contributed by atoms with Crippen molar-refractivity contribution < 1.29 is 13.2 Å². The van der Waals surface area contributed by atoms with Gasteiger partial charge in [-0.15, -0.1) is 24.8 Å². The molecule has 0 spiro atoms. The molecule has 128 valence electrons. The van der Waals surface area contributed by atoms with Gasteiger partial charge in [0, 0.05) is 42.3 Å².